The molecule has 0 aromatic heterocycles. The van der Waals surface area contributed by atoms with Gasteiger partial charge in [-0.15, -0.1) is 0 Å². The third-order valence-corrected chi connectivity index (χ3v) is 4.56. The first-order valence-electron chi connectivity index (χ1n) is 6.35. The molecule has 2 N–H and O–H groups in total. The van der Waals surface area contributed by atoms with Crippen LogP contribution in [0.15, 0.2) is 17.0 Å². The van der Waals surface area contributed by atoms with Gasteiger partial charge in [0.15, 0.2) is 0 Å². The Morgan fingerprint density at radius 3 is 2.52 bits per heavy atom. The number of amides is 1. The number of carbonyl (C=O) groups is 1. The first kappa shape index (κ1) is 17.9. The molecule has 1 aromatic rings. The molecule has 1 amide bonds. The number of rotatable bonds is 5. The van der Waals surface area contributed by atoms with Crippen molar-refractivity contribution >= 4 is 27.5 Å². The summed E-state index contributed by atoms with van der Waals surface area (Å²) >= 11 is 5.65. The predicted molar refractivity (Wildman–Crippen MR) is 79.2 cm³/mol. The molecule has 0 aliphatic rings. The fraction of sp³-hybridized carbons (Fsp3) is 0.462. The summed E-state index contributed by atoms with van der Waals surface area (Å²) < 4.78 is 36.6. The lowest BCUT2D eigenvalue weighted by Crippen LogP contribution is -2.31. The van der Waals surface area contributed by atoms with Gasteiger partial charge in [0.1, 0.15) is 10.7 Å². The molecule has 1 rings (SSSR count). The second-order valence-electron chi connectivity index (χ2n) is 5.01. The van der Waals surface area contributed by atoms with E-state index in [1.165, 1.54) is 11.9 Å². The number of sulfonamides is 1. The molecular formula is C13H18ClFN2O3S. The summed E-state index contributed by atoms with van der Waals surface area (Å²) in [6.45, 7) is 4.37. The van der Waals surface area contributed by atoms with Crippen LogP contribution in [0.25, 0.3) is 0 Å². The van der Waals surface area contributed by atoms with E-state index in [1.807, 2.05) is 13.8 Å². The second-order valence-corrected chi connectivity index (χ2v) is 6.94. The molecule has 8 heteroatoms. The summed E-state index contributed by atoms with van der Waals surface area (Å²) in [5.74, 6) is -1.25. The zero-order valence-corrected chi connectivity index (χ0v) is 13.6. The SMILES string of the molecule is CCC(C)CN(C)C(=O)c1cc(S(N)(=O)=O)c(Cl)cc1F. The standard InChI is InChI=1S/C13H18ClFN2O3S/c1-4-8(2)7-17(3)13(18)9-5-12(21(16,19)20)10(14)6-11(9)15/h5-6,8H,4,7H2,1-3H3,(H2,16,19,20). The summed E-state index contributed by atoms with van der Waals surface area (Å²) in [7, 11) is -2.60. The third kappa shape index (κ3) is 4.39. The number of carbonyl (C=O) groups excluding carboxylic acids is 1. The topological polar surface area (TPSA) is 80.5 Å². The number of hydrogen-bond acceptors (Lipinski definition) is 3. The summed E-state index contributed by atoms with van der Waals surface area (Å²) in [6.07, 6.45) is 0.864. The molecule has 1 unspecified atom stereocenters. The molecule has 0 bridgehead atoms. The Bertz CT molecular complexity index is 649. The van der Waals surface area contributed by atoms with Crippen LogP contribution in [-0.2, 0) is 10.0 Å². The van der Waals surface area contributed by atoms with Gasteiger partial charge in [-0.05, 0) is 18.1 Å². The van der Waals surface area contributed by atoms with E-state index in [9.17, 15) is 17.6 Å². The van der Waals surface area contributed by atoms with E-state index in [2.05, 4.69) is 0 Å². The number of nitrogens with two attached hydrogens (primary N) is 1. The van der Waals surface area contributed by atoms with Crippen molar-refractivity contribution < 1.29 is 17.6 Å². The lowest BCUT2D eigenvalue weighted by Gasteiger charge is -2.21. The van der Waals surface area contributed by atoms with Crippen molar-refractivity contribution in [2.75, 3.05) is 13.6 Å². The summed E-state index contributed by atoms with van der Waals surface area (Å²) in [6, 6.07) is 1.66. The van der Waals surface area contributed by atoms with Gasteiger partial charge in [-0.25, -0.2) is 17.9 Å². The average molecular weight is 337 g/mol. The van der Waals surface area contributed by atoms with Crippen LogP contribution in [0.4, 0.5) is 4.39 Å². The summed E-state index contributed by atoms with van der Waals surface area (Å²) in [5.41, 5.74) is -0.366. The molecule has 0 saturated carbocycles. The van der Waals surface area contributed by atoms with Crippen molar-refractivity contribution in [1.82, 2.24) is 4.90 Å². The number of nitrogens with zero attached hydrogens (tertiary/aromatic N) is 1. The fourth-order valence-corrected chi connectivity index (χ4v) is 2.88. The summed E-state index contributed by atoms with van der Waals surface area (Å²) in [5, 5.41) is 4.64. The Balaban J connectivity index is 3.22. The largest absolute Gasteiger partial charge is 0.341 e. The van der Waals surface area contributed by atoms with Gasteiger partial charge in [-0.3, -0.25) is 4.79 Å². The second kappa shape index (κ2) is 6.72. The molecule has 21 heavy (non-hydrogen) atoms. The fourth-order valence-electron chi connectivity index (χ4n) is 1.80. The predicted octanol–water partition coefficient (Wildman–Crippen LogP) is 2.24. The average Bonchev–Trinajstić information content (AvgIpc) is 2.36. The van der Waals surface area contributed by atoms with Gasteiger partial charge >= 0.3 is 0 Å². The Morgan fingerprint density at radius 2 is 2.05 bits per heavy atom. The Labute approximate surface area is 128 Å². The maximum atomic E-state index is 13.9. The number of primary sulfonamides is 1. The molecule has 1 atom stereocenters. The van der Waals surface area contributed by atoms with Crippen LogP contribution in [0.1, 0.15) is 30.6 Å². The highest BCUT2D eigenvalue weighted by Crippen LogP contribution is 2.25. The van der Waals surface area contributed by atoms with Crippen molar-refractivity contribution in [3.8, 4) is 0 Å². The van der Waals surface area contributed by atoms with Crippen molar-refractivity contribution in [3.05, 3.63) is 28.5 Å². The van der Waals surface area contributed by atoms with Crippen molar-refractivity contribution in [2.24, 2.45) is 11.1 Å². The normalized spacial score (nSPS) is 13.0. The number of halogens is 2. The highest BCUT2D eigenvalue weighted by molar-refractivity contribution is 7.89. The monoisotopic (exact) mass is 336 g/mol. The van der Waals surface area contributed by atoms with Gasteiger partial charge in [0.25, 0.3) is 5.91 Å². The van der Waals surface area contributed by atoms with Gasteiger partial charge in [0.05, 0.1) is 10.6 Å². The lowest BCUT2D eigenvalue weighted by atomic mass is 10.1. The molecule has 0 saturated heterocycles. The van der Waals surface area contributed by atoms with Crippen LogP contribution in [0.5, 0.6) is 0 Å². The van der Waals surface area contributed by atoms with Crippen LogP contribution in [0, 0.1) is 11.7 Å². The molecule has 0 aliphatic carbocycles. The van der Waals surface area contributed by atoms with Crippen molar-refractivity contribution in [2.45, 2.75) is 25.2 Å². The van der Waals surface area contributed by atoms with E-state index in [0.29, 0.717) is 6.54 Å². The maximum absolute atomic E-state index is 13.9. The molecule has 0 heterocycles. The highest BCUT2D eigenvalue weighted by Gasteiger charge is 2.23. The van der Waals surface area contributed by atoms with Crippen LogP contribution in [0.3, 0.4) is 0 Å². The van der Waals surface area contributed by atoms with E-state index >= 15 is 0 Å². The Hall–Kier alpha value is -1.18. The van der Waals surface area contributed by atoms with Crippen molar-refractivity contribution in [3.63, 3.8) is 0 Å². The third-order valence-electron chi connectivity index (χ3n) is 3.19. The summed E-state index contributed by atoms with van der Waals surface area (Å²) in [4.78, 5) is 13.1. The highest BCUT2D eigenvalue weighted by atomic mass is 35.5. The van der Waals surface area contributed by atoms with E-state index in [1.54, 1.807) is 0 Å². The van der Waals surface area contributed by atoms with E-state index in [4.69, 9.17) is 16.7 Å². The Kier molecular flexibility index (Phi) is 5.72. The van der Waals surface area contributed by atoms with Crippen LogP contribution >= 0.6 is 11.6 Å². The first-order valence-corrected chi connectivity index (χ1v) is 8.27. The van der Waals surface area contributed by atoms with Crippen LogP contribution in [0.2, 0.25) is 5.02 Å². The minimum atomic E-state index is -4.13. The Morgan fingerprint density at radius 1 is 1.48 bits per heavy atom. The molecule has 0 fully saturated rings. The first-order chi connectivity index (χ1) is 9.57. The van der Waals surface area contributed by atoms with E-state index < -0.39 is 26.6 Å². The molecule has 1 aromatic carbocycles. The van der Waals surface area contributed by atoms with Gasteiger partial charge in [0.2, 0.25) is 10.0 Å². The molecule has 0 radical (unpaired) electrons. The molecule has 0 aliphatic heterocycles. The maximum Gasteiger partial charge on any atom is 0.256 e. The smallest absolute Gasteiger partial charge is 0.256 e. The lowest BCUT2D eigenvalue weighted by molar-refractivity contribution is 0.0770. The number of benzene rings is 1. The van der Waals surface area contributed by atoms with Crippen LogP contribution in [-0.4, -0.2) is 32.8 Å². The van der Waals surface area contributed by atoms with Gasteiger partial charge in [-0.1, -0.05) is 31.9 Å². The zero-order valence-electron chi connectivity index (χ0n) is 12.1. The zero-order chi connectivity index (χ0) is 16.4. The van der Waals surface area contributed by atoms with Gasteiger partial charge < -0.3 is 4.90 Å². The van der Waals surface area contributed by atoms with Gasteiger partial charge in [-0.2, -0.15) is 0 Å². The van der Waals surface area contributed by atoms with E-state index in [0.717, 1.165) is 18.6 Å². The number of hydrogen-bond donors (Lipinski definition) is 1. The quantitative estimate of drug-likeness (QED) is 0.895. The molecule has 118 valence electrons. The molecule has 5 nitrogen and oxygen atoms in total. The van der Waals surface area contributed by atoms with Crippen molar-refractivity contribution in [1.29, 1.82) is 0 Å². The molecule has 0 spiro atoms. The molecular weight excluding hydrogens is 319 g/mol. The van der Waals surface area contributed by atoms with Gasteiger partial charge in [0, 0.05) is 13.6 Å². The minimum absolute atomic E-state index is 0.243. The van der Waals surface area contributed by atoms with Crippen LogP contribution < -0.4 is 5.14 Å². The minimum Gasteiger partial charge on any atom is -0.341 e. The van der Waals surface area contributed by atoms with E-state index in [-0.39, 0.29) is 16.5 Å².